The summed E-state index contributed by atoms with van der Waals surface area (Å²) in [6.07, 6.45) is 0.466. The molecule has 2 rings (SSSR count). The third-order valence-electron chi connectivity index (χ3n) is 3.02. The molecule has 0 aliphatic heterocycles. The van der Waals surface area contributed by atoms with Gasteiger partial charge >= 0.3 is 0 Å². The summed E-state index contributed by atoms with van der Waals surface area (Å²) >= 11 is 0. The van der Waals surface area contributed by atoms with Gasteiger partial charge in [-0.25, -0.2) is 8.78 Å². The van der Waals surface area contributed by atoms with E-state index in [0.717, 1.165) is 0 Å². The Labute approximate surface area is 121 Å². The molecule has 0 saturated heterocycles. The number of halogens is 2. The van der Waals surface area contributed by atoms with Gasteiger partial charge in [0.15, 0.2) is 0 Å². The van der Waals surface area contributed by atoms with Crippen LogP contribution in [0.25, 0.3) is 0 Å². The van der Waals surface area contributed by atoms with Crippen molar-refractivity contribution in [3.63, 3.8) is 0 Å². The van der Waals surface area contributed by atoms with Crippen LogP contribution in [0, 0.1) is 23.0 Å². The molecule has 3 nitrogen and oxygen atoms in total. The second kappa shape index (κ2) is 6.82. The minimum atomic E-state index is -0.595. The lowest BCUT2D eigenvalue weighted by Crippen LogP contribution is -2.07. The Bertz CT molecular complexity index is 680. The maximum absolute atomic E-state index is 13.9. The van der Waals surface area contributed by atoms with Crippen molar-refractivity contribution in [2.75, 3.05) is 6.54 Å². The van der Waals surface area contributed by atoms with Crippen molar-refractivity contribution in [2.45, 2.75) is 13.0 Å². The van der Waals surface area contributed by atoms with Crippen molar-refractivity contribution < 1.29 is 13.5 Å². The van der Waals surface area contributed by atoms with E-state index in [-0.39, 0.29) is 23.6 Å². The first-order valence-corrected chi connectivity index (χ1v) is 6.44. The fourth-order valence-corrected chi connectivity index (χ4v) is 1.97. The summed E-state index contributed by atoms with van der Waals surface area (Å²) < 4.78 is 32.6. The molecule has 0 unspecified atom stereocenters. The van der Waals surface area contributed by atoms with Gasteiger partial charge in [0.1, 0.15) is 30.1 Å². The highest BCUT2D eigenvalue weighted by Gasteiger charge is 2.10. The summed E-state index contributed by atoms with van der Waals surface area (Å²) in [5.74, 6) is -0.505. The molecule has 0 saturated carbocycles. The molecule has 2 aromatic rings. The third kappa shape index (κ3) is 3.56. The Hall–Kier alpha value is -2.45. The SMILES string of the molecule is N#Cc1cccc(COc2ccc(F)cc2CCN)c1F. The molecule has 0 aliphatic carbocycles. The summed E-state index contributed by atoms with van der Waals surface area (Å²) in [6, 6.07) is 10.4. The maximum Gasteiger partial charge on any atom is 0.147 e. The van der Waals surface area contributed by atoms with Gasteiger partial charge in [-0.3, -0.25) is 0 Å². The van der Waals surface area contributed by atoms with Gasteiger partial charge < -0.3 is 10.5 Å². The van der Waals surface area contributed by atoms with Crippen molar-refractivity contribution in [2.24, 2.45) is 5.73 Å². The average Bonchev–Trinajstić information content (AvgIpc) is 2.48. The summed E-state index contributed by atoms with van der Waals surface area (Å²) in [5, 5.41) is 8.79. The Balaban J connectivity index is 2.19. The summed E-state index contributed by atoms with van der Waals surface area (Å²) in [5.41, 5.74) is 6.35. The van der Waals surface area contributed by atoms with Crippen LogP contribution in [0.1, 0.15) is 16.7 Å². The highest BCUT2D eigenvalue weighted by atomic mass is 19.1. The standard InChI is InChI=1S/C16H14F2N2O/c17-14-4-5-15(11(8-14)6-7-19)21-10-13-3-1-2-12(9-20)16(13)18/h1-5,8H,6-7,10,19H2. The molecule has 0 heterocycles. The second-order valence-electron chi connectivity index (χ2n) is 4.47. The average molecular weight is 288 g/mol. The van der Waals surface area contributed by atoms with Gasteiger partial charge in [0.25, 0.3) is 0 Å². The van der Waals surface area contributed by atoms with Crippen LogP contribution in [0.4, 0.5) is 8.78 Å². The van der Waals surface area contributed by atoms with E-state index < -0.39 is 5.82 Å². The van der Waals surface area contributed by atoms with E-state index >= 15 is 0 Å². The largest absolute Gasteiger partial charge is 0.489 e. The van der Waals surface area contributed by atoms with Crippen molar-refractivity contribution in [3.05, 3.63) is 64.7 Å². The molecule has 0 spiro atoms. The quantitative estimate of drug-likeness (QED) is 0.920. The maximum atomic E-state index is 13.9. The van der Waals surface area contributed by atoms with Gasteiger partial charge in [-0.2, -0.15) is 5.26 Å². The molecular weight excluding hydrogens is 274 g/mol. The highest BCUT2D eigenvalue weighted by Crippen LogP contribution is 2.22. The topological polar surface area (TPSA) is 59.0 Å². The van der Waals surface area contributed by atoms with Crippen molar-refractivity contribution >= 4 is 0 Å². The molecule has 0 fully saturated rings. The second-order valence-corrected chi connectivity index (χ2v) is 4.47. The lowest BCUT2D eigenvalue weighted by Gasteiger charge is -2.12. The first kappa shape index (κ1) is 14.9. The van der Waals surface area contributed by atoms with E-state index in [2.05, 4.69) is 0 Å². The first-order chi connectivity index (χ1) is 10.2. The Morgan fingerprint density at radius 1 is 1.14 bits per heavy atom. The van der Waals surface area contributed by atoms with E-state index in [0.29, 0.717) is 24.3 Å². The number of hydrogen-bond donors (Lipinski definition) is 1. The molecule has 0 aromatic heterocycles. The van der Waals surface area contributed by atoms with Gasteiger partial charge in [-0.05, 0) is 42.8 Å². The molecule has 2 N–H and O–H groups in total. The number of nitriles is 1. The summed E-state index contributed by atoms with van der Waals surface area (Å²) in [6.45, 7) is 0.322. The van der Waals surface area contributed by atoms with Crippen LogP contribution < -0.4 is 10.5 Å². The van der Waals surface area contributed by atoms with Gasteiger partial charge in [-0.15, -0.1) is 0 Å². The molecule has 0 radical (unpaired) electrons. The van der Waals surface area contributed by atoms with Crippen LogP contribution in [-0.2, 0) is 13.0 Å². The van der Waals surface area contributed by atoms with Crippen molar-refractivity contribution in [3.8, 4) is 11.8 Å². The molecule has 108 valence electrons. The molecule has 2 aromatic carbocycles. The first-order valence-electron chi connectivity index (χ1n) is 6.44. The van der Waals surface area contributed by atoms with Crippen LogP contribution in [0.3, 0.4) is 0 Å². The molecule has 0 aliphatic rings. The highest BCUT2D eigenvalue weighted by molar-refractivity contribution is 5.37. The van der Waals surface area contributed by atoms with Crippen LogP contribution >= 0.6 is 0 Å². The normalized spacial score (nSPS) is 10.2. The summed E-state index contributed by atoms with van der Waals surface area (Å²) in [7, 11) is 0. The van der Waals surface area contributed by atoms with Gasteiger partial charge in [0, 0.05) is 5.56 Å². The van der Waals surface area contributed by atoms with Crippen LogP contribution in [0.15, 0.2) is 36.4 Å². The van der Waals surface area contributed by atoms with E-state index in [1.165, 1.54) is 24.3 Å². The van der Waals surface area contributed by atoms with Crippen LogP contribution in [0.2, 0.25) is 0 Å². The number of nitrogens with two attached hydrogens (primary N) is 1. The number of ether oxygens (including phenoxy) is 1. The predicted molar refractivity (Wildman–Crippen MR) is 74.6 cm³/mol. The van der Waals surface area contributed by atoms with Crippen LogP contribution in [0.5, 0.6) is 5.75 Å². The minimum Gasteiger partial charge on any atom is -0.489 e. The zero-order valence-corrected chi connectivity index (χ0v) is 11.3. The van der Waals surface area contributed by atoms with E-state index in [1.54, 1.807) is 18.2 Å². The Morgan fingerprint density at radius 3 is 2.67 bits per heavy atom. The fourth-order valence-electron chi connectivity index (χ4n) is 1.97. The molecule has 0 bridgehead atoms. The number of nitrogens with zero attached hydrogens (tertiary/aromatic N) is 1. The van der Waals surface area contributed by atoms with Gasteiger partial charge in [0.05, 0.1) is 5.56 Å². The zero-order valence-electron chi connectivity index (χ0n) is 11.3. The summed E-state index contributed by atoms with van der Waals surface area (Å²) in [4.78, 5) is 0. The number of benzene rings is 2. The van der Waals surface area contributed by atoms with Gasteiger partial charge in [0.2, 0.25) is 0 Å². The third-order valence-corrected chi connectivity index (χ3v) is 3.02. The number of rotatable bonds is 5. The minimum absolute atomic E-state index is 0.0302. The lowest BCUT2D eigenvalue weighted by atomic mass is 10.1. The molecule has 0 amide bonds. The zero-order chi connectivity index (χ0) is 15.2. The molecule has 5 heteroatoms. The monoisotopic (exact) mass is 288 g/mol. The van der Waals surface area contributed by atoms with Gasteiger partial charge in [-0.1, -0.05) is 12.1 Å². The Morgan fingerprint density at radius 2 is 1.95 bits per heavy atom. The number of hydrogen-bond acceptors (Lipinski definition) is 3. The predicted octanol–water partition coefficient (Wildman–Crippen LogP) is 2.92. The van der Waals surface area contributed by atoms with Crippen molar-refractivity contribution in [1.29, 1.82) is 5.26 Å². The van der Waals surface area contributed by atoms with Crippen LogP contribution in [-0.4, -0.2) is 6.54 Å². The smallest absolute Gasteiger partial charge is 0.147 e. The molecule has 21 heavy (non-hydrogen) atoms. The molecule has 0 atom stereocenters. The van der Waals surface area contributed by atoms with E-state index in [1.807, 2.05) is 0 Å². The fraction of sp³-hybridized carbons (Fsp3) is 0.188. The van der Waals surface area contributed by atoms with Crippen molar-refractivity contribution in [1.82, 2.24) is 0 Å². The lowest BCUT2D eigenvalue weighted by molar-refractivity contribution is 0.296. The molecular formula is C16H14F2N2O. The Kier molecular flexibility index (Phi) is 4.85. The van der Waals surface area contributed by atoms with E-state index in [4.69, 9.17) is 15.7 Å². The van der Waals surface area contributed by atoms with E-state index in [9.17, 15) is 8.78 Å².